The van der Waals surface area contributed by atoms with Crippen LogP contribution in [0.1, 0.15) is 5.56 Å². The molecule has 2 rings (SSSR count). The number of aromatic nitrogens is 1. The monoisotopic (exact) mass is 305 g/mol. The summed E-state index contributed by atoms with van der Waals surface area (Å²) in [6.07, 6.45) is -2.92. The number of benzene rings is 1. The van der Waals surface area contributed by atoms with Gasteiger partial charge in [0.2, 0.25) is 0 Å². The van der Waals surface area contributed by atoms with Crippen molar-refractivity contribution in [2.75, 3.05) is 7.11 Å². The molecule has 0 spiro atoms. The minimum Gasteiger partial charge on any atom is -0.496 e. The zero-order valence-corrected chi connectivity index (χ0v) is 10.3. The largest absolute Gasteiger partial charge is 0.496 e. The molecule has 0 aliphatic heterocycles. The van der Waals surface area contributed by atoms with Gasteiger partial charge in [0.25, 0.3) is 0 Å². The highest BCUT2D eigenvalue weighted by Gasteiger charge is 2.34. The Morgan fingerprint density at radius 1 is 1.24 bits per heavy atom. The molecule has 17 heavy (non-hydrogen) atoms. The van der Waals surface area contributed by atoms with E-state index in [0.29, 0.717) is 15.4 Å². The molecule has 1 heterocycles. The molecule has 0 saturated heterocycles. The second-order valence-corrected chi connectivity index (χ2v) is 4.31. The minimum absolute atomic E-state index is 0.222. The van der Waals surface area contributed by atoms with E-state index >= 15 is 0 Å². The highest BCUT2D eigenvalue weighted by atomic mass is 79.9. The number of ether oxygens (including phenoxy) is 1. The first-order chi connectivity index (χ1) is 7.91. The van der Waals surface area contributed by atoms with E-state index < -0.39 is 11.7 Å². The minimum atomic E-state index is -4.44. The van der Waals surface area contributed by atoms with Gasteiger partial charge in [0.05, 0.1) is 18.2 Å². The second kappa shape index (κ2) is 4.18. The highest BCUT2D eigenvalue weighted by Crippen LogP contribution is 2.38. The van der Waals surface area contributed by atoms with Gasteiger partial charge in [-0.25, -0.2) is 0 Å². The number of rotatable bonds is 1. The fourth-order valence-corrected chi connectivity index (χ4v) is 1.87. The summed E-state index contributed by atoms with van der Waals surface area (Å²) in [6, 6.07) is 3.90. The molecule has 0 bridgehead atoms. The smallest absolute Gasteiger partial charge is 0.419 e. The van der Waals surface area contributed by atoms with Crippen molar-refractivity contribution in [3.05, 3.63) is 34.4 Å². The molecule has 1 aromatic heterocycles. The number of pyridine rings is 1. The van der Waals surface area contributed by atoms with Crippen LogP contribution in [0.5, 0.6) is 5.75 Å². The summed E-state index contributed by atoms with van der Waals surface area (Å²) in [5, 5.41) is 0.410. The Bertz CT molecular complexity index is 568. The molecule has 2 nitrogen and oxygen atoms in total. The van der Waals surface area contributed by atoms with E-state index in [-0.39, 0.29) is 5.75 Å². The van der Waals surface area contributed by atoms with Gasteiger partial charge in [0, 0.05) is 22.1 Å². The maximum absolute atomic E-state index is 12.8. The molecule has 0 saturated carbocycles. The highest BCUT2D eigenvalue weighted by molar-refractivity contribution is 9.10. The molecule has 2 aromatic rings. The quantitative estimate of drug-likeness (QED) is 0.794. The number of halogens is 4. The van der Waals surface area contributed by atoms with Gasteiger partial charge in [0.1, 0.15) is 5.75 Å². The SMILES string of the molecule is COc1cc2ncc(Br)cc2cc1C(F)(F)F. The molecule has 0 atom stereocenters. The third-order valence-electron chi connectivity index (χ3n) is 2.27. The maximum atomic E-state index is 12.8. The van der Waals surface area contributed by atoms with Crippen molar-refractivity contribution >= 4 is 26.8 Å². The summed E-state index contributed by atoms with van der Waals surface area (Å²) >= 11 is 3.17. The lowest BCUT2D eigenvalue weighted by molar-refractivity contribution is -0.138. The van der Waals surface area contributed by atoms with Crippen LogP contribution in [0.3, 0.4) is 0 Å². The molecule has 0 amide bonds. The predicted molar refractivity (Wildman–Crippen MR) is 61.0 cm³/mol. The Hall–Kier alpha value is -1.30. The van der Waals surface area contributed by atoms with E-state index in [1.54, 1.807) is 6.07 Å². The van der Waals surface area contributed by atoms with Crippen LogP contribution < -0.4 is 4.74 Å². The van der Waals surface area contributed by atoms with Gasteiger partial charge in [-0.15, -0.1) is 0 Å². The standard InChI is InChI=1S/C11H7BrF3NO/c1-17-10-4-9-6(2-7(12)5-16-9)3-8(10)11(13,14)15/h2-5H,1H3. The van der Waals surface area contributed by atoms with E-state index in [2.05, 4.69) is 20.9 Å². The third kappa shape index (κ3) is 2.36. The number of fused-ring (bicyclic) bond motifs is 1. The summed E-state index contributed by atoms with van der Waals surface area (Å²) in [5.41, 5.74) is -0.342. The first-order valence-electron chi connectivity index (χ1n) is 4.62. The number of alkyl halides is 3. The average Bonchev–Trinajstić information content (AvgIpc) is 2.26. The Morgan fingerprint density at radius 3 is 2.53 bits per heavy atom. The lowest BCUT2D eigenvalue weighted by Crippen LogP contribution is -2.07. The number of nitrogens with zero attached hydrogens (tertiary/aromatic N) is 1. The molecular formula is C11H7BrF3NO. The van der Waals surface area contributed by atoms with E-state index in [4.69, 9.17) is 4.74 Å². The molecule has 0 aliphatic carbocycles. The van der Waals surface area contributed by atoms with Crippen molar-refractivity contribution in [3.63, 3.8) is 0 Å². The van der Waals surface area contributed by atoms with Crippen molar-refractivity contribution in [2.45, 2.75) is 6.18 Å². The average molecular weight is 306 g/mol. The molecule has 1 aromatic carbocycles. The number of methoxy groups -OCH3 is 1. The summed E-state index contributed by atoms with van der Waals surface area (Å²) < 4.78 is 43.6. The van der Waals surface area contributed by atoms with Gasteiger partial charge in [-0.1, -0.05) is 0 Å². The van der Waals surface area contributed by atoms with E-state index in [0.717, 1.165) is 6.07 Å². The molecule has 0 aliphatic rings. The van der Waals surface area contributed by atoms with Crippen LogP contribution in [0.25, 0.3) is 10.9 Å². The van der Waals surface area contributed by atoms with Crippen LogP contribution in [0.15, 0.2) is 28.9 Å². The topological polar surface area (TPSA) is 22.1 Å². The summed E-state index contributed by atoms with van der Waals surface area (Å²) in [4.78, 5) is 4.02. The van der Waals surface area contributed by atoms with Crippen LogP contribution in [-0.4, -0.2) is 12.1 Å². The molecule has 0 radical (unpaired) electrons. The van der Waals surface area contributed by atoms with Gasteiger partial charge < -0.3 is 4.74 Å². The fraction of sp³-hybridized carbons (Fsp3) is 0.182. The Morgan fingerprint density at radius 2 is 1.94 bits per heavy atom. The zero-order chi connectivity index (χ0) is 12.6. The molecule has 90 valence electrons. The van der Waals surface area contributed by atoms with Gasteiger partial charge in [-0.05, 0) is 28.1 Å². The van der Waals surface area contributed by atoms with Crippen LogP contribution >= 0.6 is 15.9 Å². The Balaban J connectivity index is 2.74. The van der Waals surface area contributed by atoms with Crippen LogP contribution in [0, 0.1) is 0 Å². The number of hydrogen-bond donors (Lipinski definition) is 0. The van der Waals surface area contributed by atoms with Crippen molar-refractivity contribution in [3.8, 4) is 5.75 Å². The van der Waals surface area contributed by atoms with Gasteiger partial charge in [0.15, 0.2) is 0 Å². The van der Waals surface area contributed by atoms with Gasteiger partial charge in [-0.3, -0.25) is 4.98 Å². The van der Waals surface area contributed by atoms with Gasteiger partial charge >= 0.3 is 6.18 Å². The summed E-state index contributed by atoms with van der Waals surface area (Å²) in [7, 11) is 1.20. The molecule has 0 fully saturated rings. The van der Waals surface area contributed by atoms with Crippen LogP contribution in [0.4, 0.5) is 13.2 Å². The predicted octanol–water partition coefficient (Wildman–Crippen LogP) is 4.02. The summed E-state index contributed by atoms with van der Waals surface area (Å²) in [6.45, 7) is 0. The van der Waals surface area contributed by atoms with Crippen molar-refractivity contribution in [2.24, 2.45) is 0 Å². The first kappa shape index (κ1) is 12.2. The van der Waals surface area contributed by atoms with E-state index in [1.807, 2.05) is 0 Å². The molecule has 0 N–H and O–H groups in total. The maximum Gasteiger partial charge on any atom is 0.419 e. The second-order valence-electron chi connectivity index (χ2n) is 3.40. The van der Waals surface area contributed by atoms with Crippen molar-refractivity contribution in [1.82, 2.24) is 4.98 Å². The lowest BCUT2D eigenvalue weighted by Gasteiger charge is -2.12. The Kier molecular flexibility index (Phi) is 2.99. The van der Waals surface area contributed by atoms with Crippen molar-refractivity contribution in [1.29, 1.82) is 0 Å². The molecule has 6 heteroatoms. The molecule has 0 unspecified atom stereocenters. The third-order valence-corrected chi connectivity index (χ3v) is 2.71. The van der Waals surface area contributed by atoms with E-state index in [9.17, 15) is 13.2 Å². The Labute approximate surface area is 104 Å². The normalized spacial score (nSPS) is 11.8. The zero-order valence-electron chi connectivity index (χ0n) is 8.68. The van der Waals surface area contributed by atoms with Crippen LogP contribution in [-0.2, 0) is 6.18 Å². The first-order valence-corrected chi connectivity index (χ1v) is 5.41. The fourth-order valence-electron chi connectivity index (χ4n) is 1.52. The number of hydrogen-bond acceptors (Lipinski definition) is 2. The van der Waals surface area contributed by atoms with E-state index in [1.165, 1.54) is 19.4 Å². The van der Waals surface area contributed by atoms with Gasteiger partial charge in [-0.2, -0.15) is 13.2 Å². The van der Waals surface area contributed by atoms with Crippen molar-refractivity contribution < 1.29 is 17.9 Å². The summed E-state index contributed by atoms with van der Waals surface area (Å²) in [5.74, 6) is -0.222. The van der Waals surface area contributed by atoms with Crippen LogP contribution in [0.2, 0.25) is 0 Å². The lowest BCUT2D eigenvalue weighted by atomic mass is 10.1. The molecular weight excluding hydrogens is 299 g/mol.